The second-order valence-corrected chi connectivity index (χ2v) is 5.46. The summed E-state index contributed by atoms with van der Waals surface area (Å²) in [7, 11) is 0. The highest BCUT2D eigenvalue weighted by Gasteiger charge is 2.30. The van der Waals surface area contributed by atoms with Crippen LogP contribution >= 0.6 is 0 Å². The van der Waals surface area contributed by atoms with Crippen LogP contribution in [0.3, 0.4) is 0 Å². The van der Waals surface area contributed by atoms with Gasteiger partial charge in [0.05, 0.1) is 11.8 Å². The first-order valence-corrected chi connectivity index (χ1v) is 6.33. The summed E-state index contributed by atoms with van der Waals surface area (Å²) in [6.07, 6.45) is -0.0737. The highest BCUT2D eigenvalue weighted by Crippen LogP contribution is 2.24. The van der Waals surface area contributed by atoms with Crippen molar-refractivity contribution in [2.75, 3.05) is 0 Å². The topological polar surface area (TPSA) is 66.4 Å². The zero-order valence-corrected chi connectivity index (χ0v) is 11.9. The van der Waals surface area contributed by atoms with Gasteiger partial charge in [0.25, 0.3) is 0 Å². The molecule has 0 saturated carbocycles. The van der Waals surface area contributed by atoms with Gasteiger partial charge in [-0.3, -0.25) is 9.59 Å². The number of hydrogen-bond acceptors (Lipinski definition) is 2. The van der Waals surface area contributed by atoms with E-state index in [9.17, 15) is 9.59 Å². The average molecular weight is 263 g/mol. The van der Waals surface area contributed by atoms with Crippen LogP contribution in [0.1, 0.15) is 38.3 Å². The van der Waals surface area contributed by atoms with Crippen LogP contribution in [0.25, 0.3) is 0 Å². The number of nitrogens with one attached hydrogen (secondary N) is 1. The maximum Gasteiger partial charge on any atom is 0.305 e. The van der Waals surface area contributed by atoms with Crippen LogP contribution < -0.4 is 5.32 Å². The van der Waals surface area contributed by atoms with Crippen molar-refractivity contribution in [2.45, 2.75) is 45.6 Å². The molecule has 0 bridgehead atoms. The first-order valence-electron chi connectivity index (χ1n) is 6.33. The molecule has 0 saturated heterocycles. The van der Waals surface area contributed by atoms with E-state index < -0.39 is 11.4 Å². The maximum absolute atomic E-state index is 12.2. The fourth-order valence-corrected chi connectivity index (χ4v) is 1.82. The zero-order valence-electron chi connectivity index (χ0n) is 11.9. The maximum atomic E-state index is 12.2. The molecule has 1 aromatic rings. The highest BCUT2D eigenvalue weighted by molar-refractivity contribution is 5.87. The average Bonchev–Trinajstić information content (AvgIpc) is 2.28. The molecule has 0 heterocycles. The molecular weight excluding hydrogens is 242 g/mol. The molecule has 4 heteroatoms. The van der Waals surface area contributed by atoms with E-state index in [2.05, 4.69) is 5.32 Å². The van der Waals surface area contributed by atoms with E-state index in [4.69, 9.17) is 5.11 Å². The van der Waals surface area contributed by atoms with E-state index >= 15 is 0 Å². The lowest BCUT2D eigenvalue weighted by Gasteiger charge is -2.26. The third kappa shape index (κ3) is 4.09. The minimum atomic E-state index is -0.916. The Morgan fingerprint density at radius 2 is 1.79 bits per heavy atom. The fraction of sp³-hybridized carbons (Fsp3) is 0.467. The monoisotopic (exact) mass is 263 g/mol. The molecular formula is C15H21NO3. The SMILES string of the molecule is Cc1ccc(C(C)(C)C(=O)N[C@H](C)CC(=O)O)cc1. The van der Waals surface area contributed by atoms with Crippen molar-refractivity contribution in [3.05, 3.63) is 35.4 Å². The smallest absolute Gasteiger partial charge is 0.305 e. The van der Waals surface area contributed by atoms with Gasteiger partial charge in [0, 0.05) is 6.04 Å². The van der Waals surface area contributed by atoms with Crippen molar-refractivity contribution in [1.82, 2.24) is 5.32 Å². The van der Waals surface area contributed by atoms with Crippen molar-refractivity contribution < 1.29 is 14.7 Å². The Kier molecular flexibility index (Phi) is 4.70. The lowest BCUT2D eigenvalue weighted by molar-refractivity contribution is -0.137. The Morgan fingerprint density at radius 3 is 2.26 bits per heavy atom. The van der Waals surface area contributed by atoms with Gasteiger partial charge in [0.1, 0.15) is 0 Å². The lowest BCUT2D eigenvalue weighted by atomic mass is 9.83. The van der Waals surface area contributed by atoms with E-state index in [0.29, 0.717) is 0 Å². The molecule has 1 amide bonds. The second-order valence-electron chi connectivity index (χ2n) is 5.46. The molecule has 19 heavy (non-hydrogen) atoms. The Hall–Kier alpha value is -1.84. The molecule has 0 aliphatic carbocycles. The van der Waals surface area contributed by atoms with Crippen LogP contribution in [-0.2, 0) is 15.0 Å². The van der Waals surface area contributed by atoms with E-state index in [-0.39, 0.29) is 18.4 Å². The number of hydrogen-bond donors (Lipinski definition) is 2. The van der Waals surface area contributed by atoms with Gasteiger partial charge in [0.2, 0.25) is 5.91 Å². The number of amides is 1. The second kappa shape index (κ2) is 5.87. The van der Waals surface area contributed by atoms with Crippen LogP contribution in [-0.4, -0.2) is 23.0 Å². The van der Waals surface area contributed by atoms with E-state index in [1.165, 1.54) is 0 Å². The van der Waals surface area contributed by atoms with Crippen molar-refractivity contribution in [2.24, 2.45) is 0 Å². The quantitative estimate of drug-likeness (QED) is 0.856. The van der Waals surface area contributed by atoms with Gasteiger partial charge in [-0.15, -0.1) is 0 Å². The molecule has 0 unspecified atom stereocenters. The number of aliphatic carboxylic acids is 1. The van der Waals surface area contributed by atoms with Crippen molar-refractivity contribution in [1.29, 1.82) is 0 Å². The Balaban J connectivity index is 2.79. The van der Waals surface area contributed by atoms with Gasteiger partial charge in [0.15, 0.2) is 0 Å². The number of carbonyl (C=O) groups is 2. The summed E-state index contributed by atoms with van der Waals surface area (Å²) in [5, 5.41) is 11.4. The van der Waals surface area contributed by atoms with Crippen LogP contribution in [0.2, 0.25) is 0 Å². The largest absolute Gasteiger partial charge is 0.481 e. The minimum absolute atomic E-state index is 0.0737. The van der Waals surface area contributed by atoms with E-state index in [1.807, 2.05) is 45.0 Å². The number of benzene rings is 1. The number of carboxylic acid groups (broad SMARTS) is 1. The van der Waals surface area contributed by atoms with E-state index in [1.54, 1.807) is 6.92 Å². The van der Waals surface area contributed by atoms with Crippen LogP contribution in [0, 0.1) is 6.92 Å². The number of rotatable bonds is 5. The summed E-state index contributed by atoms with van der Waals surface area (Å²) in [5.41, 5.74) is 1.37. The fourth-order valence-electron chi connectivity index (χ4n) is 1.82. The molecule has 2 N–H and O–H groups in total. The summed E-state index contributed by atoms with van der Waals surface area (Å²) in [5.74, 6) is -1.08. The van der Waals surface area contributed by atoms with Crippen molar-refractivity contribution >= 4 is 11.9 Å². The molecule has 0 aliphatic heterocycles. The predicted octanol–water partition coefficient (Wildman–Crippen LogP) is 2.25. The van der Waals surface area contributed by atoms with Gasteiger partial charge in [-0.25, -0.2) is 0 Å². The lowest BCUT2D eigenvalue weighted by Crippen LogP contribution is -2.44. The molecule has 0 fully saturated rings. The normalized spacial score (nSPS) is 12.8. The minimum Gasteiger partial charge on any atom is -0.481 e. The van der Waals surface area contributed by atoms with Gasteiger partial charge in [-0.1, -0.05) is 29.8 Å². The molecule has 0 radical (unpaired) electrons. The molecule has 1 rings (SSSR count). The van der Waals surface area contributed by atoms with Crippen LogP contribution in [0.5, 0.6) is 0 Å². The first kappa shape index (κ1) is 15.2. The first-order chi connectivity index (χ1) is 8.73. The summed E-state index contributed by atoms with van der Waals surface area (Å²) in [6.45, 7) is 7.35. The number of carbonyl (C=O) groups excluding carboxylic acids is 1. The van der Waals surface area contributed by atoms with Crippen molar-refractivity contribution in [3.63, 3.8) is 0 Å². The van der Waals surface area contributed by atoms with Crippen LogP contribution in [0.4, 0.5) is 0 Å². The molecule has 104 valence electrons. The summed E-state index contributed by atoms with van der Waals surface area (Å²) < 4.78 is 0. The Labute approximate surface area is 113 Å². The standard InChI is InChI=1S/C15H21NO3/c1-10-5-7-12(8-6-10)15(3,4)14(19)16-11(2)9-13(17)18/h5-8,11H,9H2,1-4H3,(H,16,19)(H,17,18)/t11-/m1/s1. The molecule has 1 aromatic carbocycles. The van der Waals surface area contributed by atoms with Gasteiger partial charge in [-0.05, 0) is 33.3 Å². The third-order valence-corrected chi connectivity index (χ3v) is 3.20. The van der Waals surface area contributed by atoms with Crippen molar-refractivity contribution in [3.8, 4) is 0 Å². The van der Waals surface area contributed by atoms with Gasteiger partial charge >= 0.3 is 5.97 Å². The highest BCUT2D eigenvalue weighted by atomic mass is 16.4. The third-order valence-electron chi connectivity index (χ3n) is 3.20. The zero-order chi connectivity index (χ0) is 14.6. The predicted molar refractivity (Wildman–Crippen MR) is 74.1 cm³/mol. The van der Waals surface area contributed by atoms with Gasteiger partial charge in [-0.2, -0.15) is 0 Å². The van der Waals surface area contributed by atoms with Gasteiger partial charge < -0.3 is 10.4 Å². The molecule has 4 nitrogen and oxygen atoms in total. The molecule has 1 atom stereocenters. The summed E-state index contributed by atoms with van der Waals surface area (Å²) in [4.78, 5) is 22.8. The van der Waals surface area contributed by atoms with E-state index in [0.717, 1.165) is 11.1 Å². The molecule has 0 aliphatic rings. The molecule has 0 spiro atoms. The number of aryl methyl sites for hydroxylation is 1. The Morgan fingerprint density at radius 1 is 1.26 bits per heavy atom. The summed E-state index contributed by atoms with van der Waals surface area (Å²) in [6, 6.07) is 7.40. The Bertz CT molecular complexity index is 463. The molecule has 0 aromatic heterocycles. The number of carboxylic acids is 1. The summed E-state index contributed by atoms with van der Waals surface area (Å²) >= 11 is 0. The van der Waals surface area contributed by atoms with Crippen LogP contribution in [0.15, 0.2) is 24.3 Å².